The summed E-state index contributed by atoms with van der Waals surface area (Å²) >= 11 is 0. The maximum Gasteiger partial charge on any atom is 0.329 e. The van der Waals surface area contributed by atoms with Crippen LogP contribution in [0.3, 0.4) is 0 Å². The highest BCUT2D eigenvalue weighted by Crippen LogP contribution is 2.05. The summed E-state index contributed by atoms with van der Waals surface area (Å²) in [5.41, 5.74) is 1.08. The predicted molar refractivity (Wildman–Crippen MR) is 56.6 cm³/mol. The molecule has 0 fully saturated rings. The van der Waals surface area contributed by atoms with Crippen LogP contribution in [0.5, 0.6) is 0 Å². The number of Topliss-reactive ketones (excluding diaryl/α,β-unsaturated/α-hetero) is 1. The Morgan fingerprint density at radius 1 is 1.35 bits per heavy atom. The highest BCUT2D eigenvalue weighted by Gasteiger charge is 2.21. The standard InChI is InChI=1S/C10H9N3O4/c11-13-10(17)6(5-8(14)15)9(16)7-3-1-2-4-12-7/h1-5H,11H2,(H,13,17)(H,14,15)/b6-5-. The van der Waals surface area contributed by atoms with E-state index in [1.54, 1.807) is 17.6 Å². The predicted octanol–water partition coefficient (Wildman–Crippen LogP) is -0.735. The normalized spacial score (nSPS) is 10.8. The Morgan fingerprint density at radius 3 is 2.53 bits per heavy atom. The molecule has 0 bridgehead atoms. The largest absolute Gasteiger partial charge is 0.478 e. The van der Waals surface area contributed by atoms with E-state index in [0.29, 0.717) is 6.08 Å². The zero-order valence-electron chi connectivity index (χ0n) is 8.58. The molecule has 1 aromatic rings. The van der Waals surface area contributed by atoms with Crippen LogP contribution in [0.25, 0.3) is 0 Å². The zero-order valence-corrected chi connectivity index (χ0v) is 8.58. The molecule has 0 aromatic carbocycles. The van der Waals surface area contributed by atoms with E-state index in [-0.39, 0.29) is 5.69 Å². The van der Waals surface area contributed by atoms with Crippen LogP contribution in [0.15, 0.2) is 36.0 Å². The van der Waals surface area contributed by atoms with Crippen molar-refractivity contribution in [1.29, 1.82) is 0 Å². The quantitative estimate of drug-likeness (QED) is 0.120. The molecule has 7 nitrogen and oxygen atoms in total. The number of carboxylic acid groups (broad SMARTS) is 1. The Bertz CT molecular complexity index is 482. The summed E-state index contributed by atoms with van der Waals surface area (Å²) in [5.74, 6) is 1.64. The molecule has 0 aliphatic carbocycles. The number of nitrogens with zero attached hydrogens (tertiary/aromatic N) is 1. The lowest BCUT2D eigenvalue weighted by Crippen LogP contribution is -2.34. The molecule has 0 spiro atoms. The first-order chi connectivity index (χ1) is 8.06. The Hall–Kier alpha value is -2.54. The summed E-state index contributed by atoms with van der Waals surface area (Å²) in [6.45, 7) is 0. The molecule has 0 aliphatic rings. The van der Waals surface area contributed by atoms with E-state index >= 15 is 0 Å². The van der Waals surface area contributed by atoms with E-state index < -0.39 is 23.2 Å². The highest BCUT2D eigenvalue weighted by atomic mass is 16.4. The molecule has 0 unspecified atom stereocenters. The number of hydrazine groups is 1. The summed E-state index contributed by atoms with van der Waals surface area (Å²) in [6.07, 6.45) is 1.84. The van der Waals surface area contributed by atoms with Crippen LogP contribution in [0.4, 0.5) is 0 Å². The fourth-order valence-electron chi connectivity index (χ4n) is 1.07. The molecule has 88 valence electrons. The van der Waals surface area contributed by atoms with E-state index in [9.17, 15) is 14.4 Å². The highest BCUT2D eigenvalue weighted by molar-refractivity contribution is 6.26. The molecule has 0 radical (unpaired) electrons. The average Bonchev–Trinajstić information content (AvgIpc) is 2.35. The van der Waals surface area contributed by atoms with Gasteiger partial charge >= 0.3 is 5.97 Å². The van der Waals surface area contributed by atoms with Crippen molar-refractivity contribution < 1.29 is 19.5 Å². The lowest BCUT2D eigenvalue weighted by molar-refractivity contribution is -0.131. The molecule has 1 amide bonds. The van der Waals surface area contributed by atoms with Gasteiger partial charge in [0.1, 0.15) is 5.69 Å². The van der Waals surface area contributed by atoms with Crippen LogP contribution in [-0.4, -0.2) is 27.8 Å². The van der Waals surface area contributed by atoms with Crippen LogP contribution >= 0.6 is 0 Å². The van der Waals surface area contributed by atoms with Crippen molar-refractivity contribution in [1.82, 2.24) is 10.4 Å². The lowest BCUT2D eigenvalue weighted by Gasteiger charge is -2.03. The van der Waals surface area contributed by atoms with Crippen LogP contribution < -0.4 is 11.3 Å². The van der Waals surface area contributed by atoms with Gasteiger partial charge in [-0.05, 0) is 12.1 Å². The summed E-state index contributed by atoms with van der Waals surface area (Å²) in [7, 11) is 0. The van der Waals surface area contributed by atoms with Crippen LogP contribution in [0.2, 0.25) is 0 Å². The third-order valence-corrected chi connectivity index (χ3v) is 1.79. The number of nitrogens with two attached hydrogens (primary N) is 1. The van der Waals surface area contributed by atoms with Crippen molar-refractivity contribution in [2.24, 2.45) is 5.84 Å². The summed E-state index contributed by atoms with van der Waals surface area (Å²) in [6, 6.07) is 4.49. The first-order valence-electron chi connectivity index (χ1n) is 4.47. The second kappa shape index (κ2) is 5.52. The van der Waals surface area contributed by atoms with Crippen LogP contribution in [0.1, 0.15) is 10.5 Å². The fourth-order valence-corrected chi connectivity index (χ4v) is 1.07. The monoisotopic (exact) mass is 235 g/mol. The maximum absolute atomic E-state index is 11.8. The third-order valence-electron chi connectivity index (χ3n) is 1.79. The second-order valence-electron chi connectivity index (χ2n) is 2.91. The average molecular weight is 235 g/mol. The molecule has 1 rings (SSSR count). The van der Waals surface area contributed by atoms with Gasteiger partial charge in [0.15, 0.2) is 0 Å². The number of carboxylic acids is 1. The SMILES string of the molecule is NNC(=O)/C(=C\C(=O)O)C(=O)c1ccccn1. The number of aliphatic carboxylic acids is 1. The van der Waals surface area contributed by atoms with E-state index in [1.807, 2.05) is 0 Å². The number of amides is 1. The topological polar surface area (TPSA) is 122 Å². The van der Waals surface area contributed by atoms with Gasteiger partial charge < -0.3 is 5.11 Å². The minimum absolute atomic E-state index is 0.0383. The number of carbonyl (C=O) groups is 3. The summed E-state index contributed by atoms with van der Waals surface area (Å²) in [4.78, 5) is 37.2. The van der Waals surface area contributed by atoms with Gasteiger partial charge in [0.05, 0.1) is 5.57 Å². The van der Waals surface area contributed by atoms with E-state index in [0.717, 1.165) is 0 Å². The summed E-state index contributed by atoms with van der Waals surface area (Å²) in [5, 5.41) is 8.55. The van der Waals surface area contributed by atoms with Gasteiger partial charge in [-0.25, -0.2) is 10.6 Å². The van der Waals surface area contributed by atoms with Crippen molar-refractivity contribution in [3.05, 3.63) is 41.7 Å². The van der Waals surface area contributed by atoms with E-state index in [4.69, 9.17) is 10.9 Å². The second-order valence-corrected chi connectivity index (χ2v) is 2.91. The number of nitrogens with one attached hydrogen (secondary N) is 1. The van der Waals surface area contributed by atoms with E-state index in [1.165, 1.54) is 12.3 Å². The number of hydrogen-bond acceptors (Lipinski definition) is 5. The number of carbonyl (C=O) groups excluding carboxylic acids is 2. The van der Waals surface area contributed by atoms with Gasteiger partial charge in [0, 0.05) is 12.3 Å². The Labute approximate surface area is 95.9 Å². The van der Waals surface area contributed by atoms with Crippen molar-refractivity contribution >= 4 is 17.7 Å². The van der Waals surface area contributed by atoms with Crippen molar-refractivity contribution in [2.75, 3.05) is 0 Å². The molecule has 1 heterocycles. The maximum atomic E-state index is 11.8. The molecular formula is C10H9N3O4. The number of ketones is 1. The zero-order chi connectivity index (χ0) is 12.8. The van der Waals surface area contributed by atoms with Crippen molar-refractivity contribution in [3.8, 4) is 0 Å². The first-order valence-corrected chi connectivity index (χ1v) is 4.47. The van der Waals surface area contributed by atoms with Crippen LogP contribution in [-0.2, 0) is 9.59 Å². The minimum atomic E-state index is -1.42. The lowest BCUT2D eigenvalue weighted by atomic mass is 10.1. The van der Waals surface area contributed by atoms with Gasteiger partial charge in [0.25, 0.3) is 5.91 Å². The molecule has 1 aromatic heterocycles. The Balaban J connectivity index is 3.13. The number of hydrogen-bond donors (Lipinski definition) is 3. The van der Waals surface area contributed by atoms with Crippen molar-refractivity contribution in [3.63, 3.8) is 0 Å². The Morgan fingerprint density at radius 2 is 2.06 bits per heavy atom. The van der Waals surface area contributed by atoms with Gasteiger partial charge in [-0.15, -0.1) is 0 Å². The van der Waals surface area contributed by atoms with Crippen molar-refractivity contribution in [2.45, 2.75) is 0 Å². The summed E-state index contributed by atoms with van der Waals surface area (Å²) < 4.78 is 0. The first kappa shape index (κ1) is 12.5. The minimum Gasteiger partial charge on any atom is -0.478 e. The van der Waals surface area contributed by atoms with Gasteiger partial charge in [-0.1, -0.05) is 6.07 Å². The van der Waals surface area contributed by atoms with Gasteiger partial charge in [0.2, 0.25) is 5.78 Å². The number of pyridine rings is 1. The molecule has 17 heavy (non-hydrogen) atoms. The smallest absolute Gasteiger partial charge is 0.329 e. The molecule has 0 atom stereocenters. The number of aromatic nitrogens is 1. The molecule has 0 saturated carbocycles. The molecule has 4 N–H and O–H groups in total. The molecule has 7 heteroatoms. The van der Waals surface area contributed by atoms with E-state index in [2.05, 4.69) is 4.98 Å². The molecule has 0 aliphatic heterocycles. The number of rotatable bonds is 4. The third kappa shape index (κ3) is 3.21. The Kier molecular flexibility index (Phi) is 4.07. The van der Waals surface area contributed by atoms with Crippen LogP contribution in [0, 0.1) is 0 Å². The fraction of sp³-hybridized carbons (Fsp3) is 0. The molecule has 0 saturated heterocycles. The van der Waals surface area contributed by atoms with Gasteiger partial charge in [-0.2, -0.15) is 0 Å². The molecular weight excluding hydrogens is 226 g/mol. The van der Waals surface area contributed by atoms with Gasteiger partial charge in [-0.3, -0.25) is 20.0 Å².